The minimum Gasteiger partial charge on any atom is -0.481 e. The highest BCUT2D eigenvalue weighted by molar-refractivity contribution is 7.91. The molecule has 0 unspecified atom stereocenters. The van der Waals surface area contributed by atoms with E-state index >= 15 is 0 Å². The van der Waals surface area contributed by atoms with Crippen LogP contribution in [-0.4, -0.2) is 24.5 Å². The van der Waals surface area contributed by atoms with Crippen LogP contribution in [-0.2, 0) is 21.1 Å². The quantitative estimate of drug-likeness (QED) is 0.344. The third-order valence-electron chi connectivity index (χ3n) is 4.89. The molecule has 0 aliphatic carbocycles. The zero-order valence-electron chi connectivity index (χ0n) is 16.7. The summed E-state index contributed by atoms with van der Waals surface area (Å²) in [5, 5.41) is 10.2. The lowest BCUT2D eigenvalue weighted by molar-refractivity contribution is -0.136. The molecule has 9 heteroatoms. The topological polar surface area (TPSA) is 96.5 Å². The van der Waals surface area contributed by atoms with E-state index in [4.69, 9.17) is 33.0 Å². The van der Waals surface area contributed by atoms with Gasteiger partial charge in [0.25, 0.3) is 0 Å². The number of hydrogen-bond donors (Lipinski definition) is 2. The van der Waals surface area contributed by atoms with Crippen molar-refractivity contribution in [2.75, 3.05) is 0 Å². The number of hydrogen-bond acceptors (Lipinski definition) is 4. The number of fused-ring (bicyclic) bond motifs is 1. The largest absolute Gasteiger partial charge is 0.481 e. The molecule has 0 amide bonds. The van der Waals surface area contributed by atoms with Gasteiger partial charge in [0.1, 0.15) is 11.5 Å². The van der Waals surface area contributed by atoms with E-state index in [0.717, 1.165) is 0 Å². The van der Waals surface area contributed by atoms with E-state index in [1.165, 1.54) is 30.5 Å². The first-order valence-electron chi connectivity index (χ1n) is 9.45. The molecular formula is C23H17Cl2NO5S. The summed E-state index contributed by atoms with van der Waals surface area (Å²) in [7, 11) is -3.79. The van der Waals surface area contributed by atoms with E-state index in [-0.39, 0.29) is 21.2 Å². The second kappa shape index (κ2) is 8.50. The maximum Gasteiger partial charge on any atom is 0.307 e. The molecule has 0 saturated carbocycles. The van der Waals surface area contributed by atoms with Crippen LogP contribution < -0.4 is 4.74 Å². The molecule has 4 rings (SSSR count). The zero-order chi connectivity index (χ0) is 23.0. The monoisotopic (exact) mass is 489 g/mol. The minimum absolute atomic E-state index is 0.111. The Hall–Kier alpha value is -3.00. The Kier molecular flexibility index (Phi) is 5.90. The predicted octanol–water partition coefficient (Wildman–Crippen LogP) is 6.04. The van der Waals surface area contributed by atoms with Crippen molar-refractivity contribution in [2.24, 2.45) is 0 Å². The summed E-state index contributed by atoms with van der Waals surface area (Å²) >= 11 is 12.2. The van der Waals surface area contributed by atoms with Crippen LogP contribution in [0.2, 0.25) is 10.0 Å². The summed E-state index contributed by atoms with van der Waals surface area (Å²) < 4.78 is 32.3. The van der Waals surface area contributed by atoms with Crippen molar-refractivity contribution in [3.8, 4) is 11.5 Å². The number of rotatable bonds is 6. The third kappa shape index (κ3) is 4.32. The Labute approximate surface area is 194 Å². The van der Waals surface area contributed by atoms with Crippen LogP contribution in [0.1, 0.15) is 11.1 Å². The molecule has 2 N–H and O–H groups in total. The maximum atomic E-state index is 13.2. The third-order valence-corrected chi connectivity index (χ3v) is 7.24. The standard InChI is InChI=1S/C23H17Cl2NO5S/c1-13-8-14(10-22(27)28)9-19(25)23(13)31-16-4-7-20-18(11-16)21(12-26-20)32(29,30)17-5-2-15(24)3-6-17/h2-9,11-12,26H,10H2,1H3,(H,27,28). The number of nitrogens with one attached hydrogen (secondary N) is 1. The number of sulfone groups is 1. The van der Waals surface area contributed by atoms with Gasteiger partial charge in [0.05, 0.1) is 21.2 Å². The smallest absolute Gasteiger partial charge is 0.307 e. The first-order valence-corrected chi connectivity index (χ1v) is 11.7. The number of aryl methyl sites for hydroxylation is 1. The molecule has 0 atom stereocenters. The van der Waals surface area contributed by atoms with Crippen molar-refractivity contribution in [3.05, 3.63) is 82.0 Å². The van der Waals surface area contributed by atoms with Gasteiger partial charge in [0.15, 0.2) is 0 Å². The van der Waals surface area contributed by atoms with Crippen LogP contribution in [0.3, 0.4) is 0 Å². The summed E-state index contributed by atoms with van der Waals surface area (Å²) in [4.78, 5) is 14.2. The molecule has 0 fully saturated rings. The van der Waals surface area contributed by atoms with Crippen LogP contribution in [0.15, 0.2) is 70.6 Å². The molecule has 4 aromatic rings. The number of benzene rings is 3. The fourth-order valence-corrected chi connectivity index (χ4v) is 5.30. The van der Waals surface area contributed by atoms with Crippen LogP contribution >= 0.6 is 23.2 Å². The summed E-state index contributed by atoms with van der Waals surface area (Å²) in [6.07, 6.45) is 1.29. The molecule has 0 aliphatic heterocycles. The number of aliphatic carboxylic acids is 1. The van der Waals surface area contributed by atoms with Gasteiger partial charge < -0.3 is 14.8 Å². The molecule has 6 nitrogen and oxygen atoms in total. The molecule has 1 heterocycles. The maximum absolute atomic E-state index is 13.2. The van der Waals surface area contributed by atoms with Gasteiger partial charge in [-0.3, -0.25) is 4.79 Å². The molecule has 1 aromatic heterocycles. The molecule has 164 valence electrons. The summed E-state index contributed by atoms with van der Waals surface area (Å²) in [6, 6.07) is 14.2. The fraction of sp³-hybridized carbons (Fsp3) is 0.0870. The van der Waals surface area contributed by atoms with Crippen LogP contribution in [0.25, 0.3) is 10.9 Å². The number of ether oxygens (including phenoxy) is 1. The Morgan fingerprint density at radius 1 is 1.06 bits per heavy atom. The SMILES string of the molecule is Cc1cc(CC(=O)O)cc(Cl)c1Oc1ccc2[nH]cc(S(=O)(=O)c3ccc(Cl)cc3)c2c1. The van der Waals surface area contributed by atoms with Gasteiger partial charge >= 0.3 is 5.97 Å². The lowest BCUT2D eigenvalue weighted by Crippen LogP contribution is -2.01. The van der Waals surface area contributed by atoms with Crippen LogP contribution in [0.5, 0.6) is 11.5 Å². The average Bonchev–Trinajstić information content (AvgIpc) is 3.15. The Balaban J connectivity index is 1.72. The minimum atomic E-state index is -3.79. The highest BCUT2D eigenvalue weighted by atomic mass is 35.5. The number of carboxylic acids is 1. The molecule has 0 saturated heterocycles. The van der Waals surface area contributed by atoms with Crippen molar-refractivity contribution in [1.82, 2.24) is 4.98 Å². The second-order valence-corrected chi connectivity index (χ2v) is 9.98. The fourth-order valence-electron chi connectivity index (χ4n) is 3.43. The van der Waals surface area contributed by atoms with E-state index < -0.39 is 15.8 Å². The molecular weight excluding hydrogens is 473 g/mol. The zero-order valence-corrected chi connectivity index (χ0v) is 19.1. The average molecular weight is 490 g/mol. The van der Waals surface area contributed by atoms with Gasteiger partial charge in [0.2, 0.25) is 9.84 Å². The van der Waals surface area contributed by atoms with Gasteiger partial charge in [-0.2, -0.15) is 0 Å². The number of halogens is 2. The van der Waals surface area contributed by atoms with Crippen LogP contribution in [0.4, 0.5) is 0 Å². The second-order valence-electron chi connectivity index (χ2n) is 7.21. The van der Waals surface area contributed by atoms with E-state index in [2.05, 4.69) is 4.98 Å². The van der Waals surface area contributed by atoms with E-state index in [1.54, 1.807) is 37.3 Å². The molecule has 0 spiro atoms. The summed E-state index contributed by atoms with van der Waals surface area (Å²) in [5.74, 6) is -0.195. The van der Waals surface area contributed by atoms with Crippen LogP contribution in [0, 0.1) is 6.92 Å². The predicted molar refractivity (Wildman–Crippen MR) is 123 cm³/mol. The van der Waals surface area contributed by atoms with Crippen molar-refractivity contribution in [3.63, 3.8) is 0 Å². The van der Waals surface area contributed by atoms with Gasteiger partial charge in [-0.15, -0.1) is 0 Å². The lowest BCUT2D eigenvalue weighted by atomic mass is 10.1. The molecule has 32 heavy (non-hydrogen) atoms. The number of carbonyl (C=O) groups is 1. The lowest BCUT2D eigenvalue weighted by Gasteiger charge is -2.13. The van der Waals surface area contributed by atoms with Crippen molar-refractivity contribution >= 4 is 49.9 Å². The number of aromatic amines is 1. The van der Waals surface area contributed by atoms with Crippen molar-refractivity contribution in [2.45, 2.75) is 23.1 Å². The van der Waals surface area contributed by atoms with Gasteiger partial charge in [-0.25, -0.2) is 8.42 Å². The molecule has 0 aliphatic rings. The summed E-state index contributed by atoms with van der Waals surface area (Å²) in [6.45, 7) is 1.76. The molecule has 3 aromatic carbocycles. The normalized spacial score (nSPS) is 11.6. The Bertz CT molecular complexity index is 1420. The molecule has 0 bridgehead atoms. The Morgan fingerprint density at radius 3 is 2.44 bits per heavy atom. The molecule has 0 radical (unpaired) electrons. The van der Waals surface area contributed by atoms with E-state index in [1.807, 2.05) is 0 Å². The highest BCUT2D eigenvalue weighted by Gasteiger charge is 2.22. The van der Waals surface area contributed by atoms with E-state index in [9.17, 15) is 13.2 Å². The van der Waals surface area contributed by atoms with Gasteiger partial charge in [-0.1, -0.05) is 29.3 Å². The summed E-state index contributed by atoms with van der Waals surface area (Å²) in [5.41, 5.74) is 1.85. The number of carboxylic acid groups (broad SMARTS) is 1. The highest BCUT2D eigenvalue weighted by Crippen LogP contribution is 2.37. The number of aromatic nitrogens is 1. The van der Waals surface area contributed by atoms with Gasteiger partial charge in [0, 0.05) is 22.1 Å². The first kappa shape index (κ1) is 22.2. The van der Waals surface area contributed by atoms with Crippen molar-refractivity contribution in [1.29, 1.82) is 0 Å². The van der Waals surface area contributed by atoms with Gasteiger partial charge in [-0.05, 0) is 66.6 Å². The Morgan fingerprint density at radius 2 is 1.78 bits per heavy atom. The van der Waals surface area contributed by atoms with Crippen molar-refractivity contribution < 1.29 is 23.1 Å². The first-order chi connectivity index (χ1) is 15.1. The number of H-pyrrole nitrogens is 1. The van der Waals surface area contributed by atoms with E-state index in [0.29, 0.717) is 38.6 Å².